The maximum atomic E-state index is 14.3. The second kappa shape index (κ2) is 12.1. The molecule has 1 amide bonds. The van der Waals surface area contributed by atoms with E-state index in [2.05, 4.69) is 21.6 Å². The van der Waals surface area contributed by atoms with Crippen molar-refractivity contribution in [2.75, 3.05) is 46.5 Å². The Labute approximate surface area is 258 Å². The average Bonchev–Trinajstić information content (AvgIpc) is 3.28. The molecule has 43 heavy (non-hydrogen) atoms. The molecule has 3 aliphatic heterocycles. The fourth-order valence-corrected chi connectivity index (χ4v) is 8.02. The number of hydrogen-bond acceptors (Lipinski definition) is 5. The van der Waals surface area contributed by atoms with E-state index in [4.69, 9.17) is 21.1 Å². The Morgan fingerprint density at radius 1 is 0.930 bits per heavy atom. The maximum Gasteiger partial charge on any atom is 0.337 e. The summed E-state index contributed by atoms with van der Waals surface area (Å²) in [5.74, 6) is 0.155. The van der Waals surface area contributed by atoms with Gasteiger partial charge in [-0.2, -0.15) is 0 Å². The molecule has 226 valence electrons. The van der Waals surface area contributed by atoms with Crippen LogP contribution in [0.1, 0.15) is 72.3 Å². The second-order valence-corrected chi connectivity index (χ2v) is 12.9. The lowest BCUT2D eigenvalue weighted by molar-refractivity contribution is -0.129. The highest BCUT2D eigenvalue weighted by Crippen LogP contribution is 2.47. The van der Waals surface area contributed by atoms with Crippen molar-refractivity contribution in [2.45, 2.75) is 63.5 Å². The Balaban J connectivity index is 1.30. The molecule has 3 fully saturated rings. The first-order valence-corrected chi connectivity index (χ1v) is 16.3. The van der Waals surface area contributed by atoms with Crippen LogP contribution in [0.2, 0.25) is 5.02 Å². The number of amides is 1. The number of methoxy groups -OCH3 is 1. The van der Waals surface area contributed by atoms with Crippen molar-refractivity contribution in [2.24, 2.45) is 0 Å². The largest absolute Gasteiger partial charge is 0.465 e. The SMILES string of the molecule is COC(=O)c1ccc2c(C3CCCCC3)c3n(c2c1)CC(C(=O)N1CCC(N2CCOCC2)CC1)=Cc1ccc(Cl)cc1-3. The van der Waals surface area contributed by atoms with Gasteiger partial charge in [-0.15, -0.1) is 0 Å². The number of nitrogens with zero attached hydrogens (tertiary/aromatic N) is 3. The third-order valence-electron chi connectivity index (χ3n) is 10.1. The number of aromatic nitrogens is 1. The molecule has 0 unspecified atom stereocenters. The number of benzene rings is 2. The molecule has 1 saturated carbocycles. The smallest absolute Gasteiger partial charge is 0.337 e. The molecule has 1 aromatic heterocycles. The van der Waals surface area contributed by atoms with Gasteiger partial charge in [-0.3, -0.25) is 9.69 Å². The lowest BCUT2D eigenvalue weighted by Crippen LogP contribution is -2.50. The third kappa shape index (κ3) is 5.41. The predicted octanol–water partition coefficient (Wildman–Crippen LogP) is 6.52. The molecule has 4 heterocycles. The Hall–Kier alpha value is -3.13. The minimum absolute atomic E-state index is 0.0966. The van der Waals surface area contributed by atoms with E-state index in [9.17, 15) is 9.59 Å². The van der Waals surface area contributed by atoms with Crippen molar-refractivity contribution in [1.29, 1.82) is 0 Å². The molecule has 1 aliphatic carbocycles. The number of rotatable bonds is 4. The first kappa shape index (κ1) is 28.6. The van der Waals surface area contributed by atoms with Gasteiger partial charge in [0.1, 0.15) is 0 Å². The summed E-state index contributed by atoms with van der Waals surface area (Å²) < 4.78 is 12.9. The van der Waals surface area contributed by atoms with Gasteiger partial charge in [0.05, 0.1) is 38.1 Å². The maximum absolute atomic E-state index is 14.3. The van der Waals surface area contributed by atoms with Crippen molar-refractivity contribution in [3.8, 4) is 11.3 Å². The molecule has 0 N–H and O–H groups in total. The third-order valence-corrected chi connectivity index (χ3v) is 10.3. The zero-order valence-electron chi connectivity index (χ0n) is 24.9. The molecule has 4 aliphatic rings. The fourth-order valence-electron chi connectivity index (χ4n) is 7.85. The fraction of sp³-hybridized carbons (Fsp3) is 0.486. The van der Waals surface area contributed by atoms with Crippen LogP contribution in [0.5, 0.6) is 0 Å². The van der Waals surface area contributed by atoms with Crippen LogP contribution in [0.15, 0.2) is 42.0 Å². The van der Waals surface area contributed by atoms with Crippen molar-refractivity contribution < 1.29 is 19.1 Å². The normalized spacial score (nSPS) is 20.3. The molecule has 7 nitrogen and oxygen atoms in total. The number of esters is 1. The summed E-state index contributed by atoms with van der Waals surface area (Å²) in [7, 11) is 1.42. The standard InChI is InChI=1S/C35H40ClN3O4/c1-42-35(41)25-8-10-29-31(20-25)39-22-26(34(40)38-13-11-28(12-14-38)37-15-17-43-18-16-37)19-24-7-9-27(36)21-30(24)33(39)32(29)23-5-3-2-4-6-23/h7-10,19-21,23,28H,2-6,11-18,22H2,1H3. The van der Waals surface area contributed by atoms with E-state index in [0.29, 0.717) is 29.1 Å². The lowest BCUT2D eigenvalue weighted by Gasteiger charge is -2.40. The molecule has 0 radical (unpaired) electrons. The molecule has 2 saturated heterocycles. The van der Waals surface area contributed by atoms with Crippen LogP contribution in [0.3, 0.4) is 0 Å². The molecule has 7 rings (SSSR count). The first-order chi connectivity index (χ1) is 21.0. The average molecular weight is 602 g/mol. The van der Waals surface area contributed by atoms with Gasteiger partial charge in [0.25, 0.3) is 5.91 Å². The summed E-state index contributed by atoms with van der Waals surface area (Å²) >= 11 is 6.64. The predicted molar refractivity (Wildman–Crippen MR) is 170 cm³/mol. The van der Waals surface area contributed by atoms with E-state index >= 15 is 0 Å². The Morgan fingerprint density at radius 2 is 1.70 bits per heavy atom. The molecular formula is C35H40ClN3O4. The van der Waals surface area contributed by atoms with E-state index in [1.54, 1.807) is 0 Å². The van der Waals surface area contributed by atoms with Gasteiger partial charge in [-0.1, -0.05) is 43.0 Å². The highest BCUT2D eigenvalue weighted by atomic mass is 35.5. The number of carbonyl (C=O) groups is 2. The quantitative estimate of drug-likeness (QED) is 0.319. The minimum Gasteiger partial charge on any atom is -0.465 e. The van der Waals surface area contributed by atoms with Crippen molar-refractivity contribution in [3.05, 3.63) is 63.7 Å². The monoisotopic (exact) mass is 601 g/mol. The highest BCUT2D eigenvalue weighted by Gasteiger charge is 2.33. The van der Waals surface area contributed by atoms with Crippen LogP contribution in [-0.2, 0) is 20.8 Å². The number of morpholine rings is 1. The first-order valence-electron chi connectivity index (χ1n) is 15.9. The zero-order chi connectivity index (χ0) is 29.5. The van der Waals surface area contributed by atoms with Crippen molar-refractivity contribution in [1.82, 2.24) is 14.4 Å². The zero-order valence-corrected chi connectivity index (χ0v) is 25.7. The van der Waals surface area contributed by atoms with Crippen LogP contribution < -0.4 is 0 Å². The summed E-state index contributed by atoms with van der Waals surface area (Å²) in [6.45, 7) is 5.49. The number of hydrogen-bond donors (Lipinski definition) is 0. The van der Waals surface area contributed by atoms with Gasteiger partial charge < -0.3 is 18.9 Å². The van der Waals surface area contributed by atoms with Crippen LogP contribution in [0.4, 0.5) is 0 Å². The molecule has 0 spiro atoms. The van der Waals surface area contributed by atoms with Crippen molar-refractivity contribution in [3.63, 3.8) is 0 Å². The number of ether oxygens (including phenoxy) is 2. The van der Waals surface area contributed by atoms with E-state index in [0.717, 1.165) is 98.4 Å². The number of halogens is 1. The molecule has 3 aromatic rings. The number of likely N-dealkylation sites (tertiary alicyclic amines) is 1. The number of piperidine rings is 1. The summed E-state index contributed by atoms with van der Waals surface area (Å²) in [6, 6.07) is 12.4. The van der Waals surface area contributed by atoms with Crippen LogP contribution >= 0.6 is 11.6 Å². The van der Waals surface area contributed by atoms with E-state index in [1.807, 2.05) is 35.2 Å². The van der Waals surface area contributed by atoms with Gasteiger partial charge in [0.15, 0.2) is 0 Å². The van der Waals surface area contributed by atoms with Gasteiger partial charge in [-0.05, 0) is 73.1 Å². The molecule has 0 bridgehead atoms. The summed E-state index contributed by atoms with van der Waals surface area (Å²) in [5, 5.41) is 1.83. The Morgan fingerprint density at radius 3 is 2.44 bits per heavy atom. The van der Waals surface area contributed by atoms with Crippen LogP contribution in [0.25, 0.3) is 28.2 Å². The van der Waals surface area contributed by atoms with Gasteiger partial charge in [0, 0.05) is 59.3 Å². The Bertz CT molecular complexity index is 1570. The van der Waals surface area contributed by atoms with E-state index in [-0.39, 0.29) is 11.9 Å². The highest BCUT2D eigenvalue weighted by molar-refractivity contribution is 6.31. The van der Waals surface area contributed by atoms with Crippen LogP contribution in [-0.4, -0.2) is 78.8 Å². The summed E-state index contributed by atoms with van der Waals surface area (Å²) in [6.07, 6.45) is 10.0. The van der Waals surface area contributed by atoms with Gasteiger partial charge >= 0.3 is 5.97 Å². The summed E-state index contributed by atoms with van der Waals surface area (Å²) in [4.78, 5) is 31.5. The molecular weight excluding hydrogens is 562 g/mol. The van der Waals surface area contributed by atoms with Crippen LogP contribution in [0, 0.1) is 0 Å². The van der Waals surface area contributed by atoms with Crippen molar-refractivity contribution >= 4 is 40.5 Å². The lowest BCUT2D eigenvalue weighted by atomic mass is 9.81. The van der Waals surface area contributed by atoms with Gasteiger partial charge in [0.2, 0.25) is 0 Å². The number of fused-ring (bicyclic) bond motifs is 5. The van der Waals surface area contributed by atoms with E-state index in [1.165, 1.54) is 31.9 Å². The van der Waals surface area contributed by atoms with E-state index < -0.39 is 0 Å². The van der Waals surface area contributed by atoms with Gasteiger partial charge in [-0.25, -0.2) is 4.79 Å². The summed E-state index contributed by atoms with van der Waals surface area (Å²) in [5.41, 5.74) is 6.77. The topological polar surface area (TPSA) is 64.0 Å². The molecule has 2 aromatic carbocycles. The molecule has 8 heteroatoms. The Kier molecular flexibility index (Phi) is 8.06. The number of carbonyl (C=O) groups excluding carboxylic acids is 2. The molecule has 0 atom stereocenters. The second-order valence-electron chi connectivity index (χ2n) is 12.5. The minimum atomic E-state index is -0.358.